The van der Waals surface area contributed by atoms with E-state index in [0.29, 0.717) is 31.9 Å². The van der Waals surface area contributed by atoms with Crippen LogP contribution in [0.1, 0.15) is 41.8 Å². The average Bonchev–Trinajstić information content (AvgIpc) is 3.40. The van der Waals surface area contributed by atoms with Gasteiger partial charge in [0.15, 0.2) is 5.82 Å². The summed E-state index contributed by atoms with van der Waals surface area (Å²) in [6, 6.07) is 6.78. The van der Waals surface area contributed by atoms with Gasteiger partial charge in [-0.15, -0.1) is 0 Å². The van der Waals surface area contributed by atoms with Gasteiger partial charge in [-0.25, -0.2) is 0 Å². The Bertz CT molecular complexity index is 1330. The Morgan fingerprint density at radius 1 is 1.24 bits per heavy atom. The van der Waals surface area contributed by atoms with Crippen molar-refractivity contribution in [1.29, 1.82) is 5.26 Å². The molecule has 174 valence electrons. The van der Waals surface area contributed by atoms with Crippen LogP contribution in [0.3, 0.4) is 0 Å². The van der Waals surface area contributed by atoms with Crippen LogP contribution in [0.25, 0.3) is 11.1 Å². The number of benzene rings is 1. The van der Waals surface area contributed by atoms with Crippen LogP contribution in [0.4, 0.5) is 11.5 Å². The molecule has 0 saturated carbocycles. The monoisotopic (exact) mass is 457 g/mol. The van der Waals surface area contributed by atoms with Crippen LogP contribution in [0.5, 0.6) is 0 Å². The van der Waals surface area contributed by atoms with Crippen LogP contribution in [0, 0.1) is 11.3 Å². The van der Waals surface area contributed by atoms with Gasteiger partial charge in [0.05, 0.1) is 43.6 Å². The number of anilines is 2. The van der Waals surface area contributed by atoms with Crippen molar-refractivity contribution in [3.8, 4) is 17.2 Å². The largest absolute Gasteiger partial charge is 0.377 e. The average molecular weight is 458 g/mol. The first-order valence-corrected chi connectivity index (χ1v) is 11.8. The van der Waals surface area contributed by atoms with Crippen molar-refractivity contribution in [3.63, 3.8) is 0 Å². The summed E-state index contributed by atoms with van der Waals surface area (Å²) in [5.41, 5.74) is 7.06. The van der Waals surface area contributed by atoms with Gasteiger partial charge in [0, 0.05) is 67.8 Å². The molecule has 1 aromatic carbocycles. The number of nitriles is 1. The van der Waals surface area contributed by atoms with E-state index in [1.54, 1.807) is 17.8 Å². The third-order valence-corrected chi connectivity index (χ3v) is 7.21. The predicted octanol–water partition coefficient (Wildman–Crippen LogP) is 2.72. The van der Waals surface area contributed by atoms with Gasteiger partial charge in [0.1, 0.15) is 0 Å². The molecular formula is C25H27N7O2. The van der Waals surface area contributed by atoms with Crippen LogP contribution in [0.2, 0.25) is 0 Å². The summed E-state index contributed by atoms with van der Waals surface area (Å²) in [6.45, 7) is 5.09. The molecule has 5 heterocycles. The summed E-state index contributed by atoms with van der Waals surface area (Å²) < 4.78 is 9.35. The molecule has 1 amide bonds. The summed E-state index contributed by atoms with van der Waals surface area (Å²) in [4.78, 5) is 16.3. The molecule has 9 nitrogen and oxygen atoms in total. The Balaban J connectivity index is 1.47. The summed E-state index contributed by atoms with van der Waals surface area (Å²) in [5.74, 6) is 0.995. The van der Waals surface area contributed by atoms with Gasteiger partial charge in [-0.05, 0) is 30.5 Å². The van der Waals surface area contributed by atoms with E-state index in [4.69, 9.17) is 9.84 Å². The van der Waals surface area contributed by atoms with Gasteiger partial charge in [0.2, 0.25) is 5.91 Å². The molecule has 9 heteroatoms. The molecule has 0 unspecified atom stereocenters. The molecule has 2 aromatic heterocycles. The number of nitrogens with zero attached hydrogens (tertiary/aromatic N) is 7. The first-order chi connectivity index (χ1) is 16.5. The fourth-order valence-corrected chi connectivity index (χ4v) is 5.32. The number of fused-ring (bicyclic) bond motifs is 2. The van der Waals surface area contributed by atoms with Gasteiger partial charge in [0.25, 0.3) is 0 Å². The van der Waals surface area contributed by atoms with Crippen LogP contribution in [-0.4, -0.2) is 56.7 Å². The van der Waals surface area contributed by atoms with Crippen molar-refractivity contribution in [3.05, 3.63) is 46.9 Å². The lowest BCUT2D eigenvalue weighted by Gasteiger charge is -2.33. The Morgan fingerprint density at radius 3 is 2.76 bits per heavy atom. The molecule has 1 fully saturated rings. The lowest BCUT2D eigenvalue weighted by Crippen LogP contribution is -2.37. The number of hydrogen-bond acceptors (Lipinski definition) is 6. The molecule has 6 rings (SSSR count). The predicted molar refractivity (Wildman–Crippen MR) is 126 cm³/mol. The van der Waals surface area contributed by atoms with Crippen LogP contribution in [0.15, 0.2) is 24.5 Å². The summed E-state index contributed by atoms with van der Waals surface area (Å²) in [6.07, 6.45) is 6.48. The highest BCUT2D eigenvalue weighted by atomic mass is 16.5. The maximum atomic E-state index is 12.2. The van der Waals surface area contributed by atoms with E-state index < -0.39 is 0 Å². The van der Waals surface area contributed by atoms with Gasteiger partial charge in [-0.2, -0.15) is 15.5 Å². The van der Waals surface area contributed by atoms with E-state index in [9.17, 15) is 10.1 Å². The maximum absolute atomic E-state index is 12.2. The second-order valence-corrected chi connectivity index (χ2v) is 9.37. The number of aromatic nitrogens is 4. The molecule has 0 aliphatic carbocycles. The maximum Gasteiger partial charge on any atom is 0.219 e. The van der Waals surface area contributed by atoms with E-state index in [-0.39, 0.29) is 11.9 Å². The molecule has 0 radical (unpaired) electrons. The Morgan fingerprint density at radius 2 is 2.09 bits per heavy atom. The minimum absolute atomic E-state index is 0.0863. The lowest BCUT2D eigenvalue weighted by atomic mass is 9.93. The van der Waals surface area contributed by atoms with Crippen molar-refractivity contribution in [1.82, 2.24) is 24.5 Å². The van der Waals surface area contributed by atoms with Crippen LogP contribution in [-0.2, 0) is 36.0 Å². The van der Waals surface area contributed by atoms with Crippen molar-refractivity contribution >= 4 is 17.4 Å². The lowest BCUT2D eigenvalue weighted by molar-refractivity contribution is -0.129. The molecule has 3 aliphatic rings. The van der Waals surface area contributed by atoms with Crippen molar-refractivity contribution in [2.75, 3.05) is 31.2 Å². The third-order valence-electron chi connectivity index (χ3n) is 7.21. The molecule has 0 spiro atoms. The molecular weight excluding hydrogens is 430 g/mol. The van der Waals surface area contributed by atoms with Crippen molar-refractivity contribution in [2.24, 2.45) is 7.05 Å². The van der Waals surface area contributed by atoms with Crippen molar-refractivity contribution < 1.29 is 9.53 Å². The van der Waals surface area contributed by atoms with E-state index in [1.807, 2.05) is 24.2 Å². The minimum Gasteiger partial charge on any atom is -0.377 e. The minimum atomic E-state index is 0.0863. The van der Waals surface area contributed by atoms with Gasteiger partial charge >= 0.3 is 0 Å². The second-order valence-electron chi connectivity index (χ2n) is 9.37. The molecule has 0 N–H and O–H groups in total. The number of rotatable bonds is 3. The first-order valence-electron chi connectivity index (χ1n) is 11.8. The van der Waals surface area contributed by atoms with E-state index >= 15 is 0 Å². The zero-order chi connectivity index (χ0) is 23.4. The quantitative estimate of drug-likeness (QED) is 0.601. The summed E-state index contributed by atoms with van der Waals surface area (Å²) >= 11 is 0. The van der Waals surface area contributed by atoms with Gasteiger partial charge < -0.3 is 14.5 Å². The Hall–Kier alpha value is -3.64. The zero-order valence-corrected chi connectivity index (χ0v) is 19.5. The highest BCUT2D eigenvalue weighted by Gasteiger charge is 2.34. The fraction of sp³-hybridized carbons (Fsp3) is 0.440. The SMILES string of the molecule is CC(=O)N1CCc2c(c(N3CCCc4cc(-c5cnn(C)c5)c(C#N)cc43)nn2C2COC2)C1. The highest BCUT2D eigenvalue weighted by Crippen LogP contribution is 2.41. The highest BCUT2D eigenvalue weighted by molar-refractivity contribution is 5.79. The number of carbonyl (C=O) groups excluding carboxylic acids is 1. The topological polar surface area (TPSA) is 92.2 Å². The zero-order valence-electron chi connectivity index (χ0n) is 19.5. The van der Waals surface area contributed by atoms with E-state index in [0.717, 1.165) is 54.0 Å². The summed E-state index contributed by atoms with van der Waals surface area (Å²) in [5, 5.41) is 19.4. The van der Waals surface area contributed by atoms with Gasteiger partial charge in [-0.1, -0.05) is 0 Å². The standard InChI is InChI=1S/C25H27N7O2/c1-16(33)30-7-5-23-22(13-30)25(28-32(23)20-14-34-15-20)31-6-3-4-17-8-21(18(10-26)9-24(17)31)19-11-27-29(2)12-19/h8-9,11-12,20H,3-7,13-15H2,1-2H3. The van der Waals surface area contributed by atoms with E-state index in [1.165, 1.54) is 11.3 Å². The smallest absolute Gasteiger partial charge is 0.219 e. The number of carbonyl (C=O) groups is 1. The third kappa shape index (κ3) is 3.29. The van der Waals surface area contributed by atoms with Crippen LogP contribution < -0.4 is 4.90 Å². The normalized spacial score (nSPS) is 17.7. The number of hydrogen-bond donors (Lipinski definition) is 0. The van der Waals surface area contributed by atoms with Gasteiger partial charge in [-0.3, -0.25) is 14.2 Å². The van der Waals surface area contributed by atoms with E-state index in [2.05, 4.69) is 26.8 Å². The van der Waals surface area contributed by atoms with Crippen molar-refractivity contribution in [2.45, 2.75) is 38.8 Å². The second kappa shape index (κ2) is 7.99. The summed E-state index contributed by atoms with van der Waals surface area (Å²) in [7, 11) is 1.88. The number of aryl methyl sites for hydroxylation is 2. The molecule has 1 saturated heterocycles. The Kier molecular flexibility index (Phi) is 4.92. The Labute approximate surface area is 198 Å². The first kappa shape index (κ1) is 20.9. The number of ether oxygens (including phenoxy) is 1. The molecule has 0 bridgehead atoms. The molecule has 0 atom stereocenters. The molecule has 3 aliphatic heterocycles. The number of amides is 1. The molecule has 3 aromatic rings. The fourth-order valence-electron chi connectivity index (χ4n) is 5.32. The van der Waals surface area contributed by atoms with Crippen LogP contribution >= 0.6 is 0 Å². The molecule has 34 heavy (non-hydrogen) atoms.